The van der Waals surface area contributed by atoms with Crippen molar-refractivity contribution in [3.05, 3.63) is 101 Å². The van der Waals surface area contributed by atoms with Gasteiger partial charge in [-0.3, -0.25) is 4.79 Å². The Morgan fingerprint density at radius 3 is 2.36 bits per heavy atom. The maximum atomic E-state index is 13.6. The van der Waals surface area contributed by atoms with E-state index in [2.05, 4.69) is 15.5 Å². The molecule has 1 heterocycles. The lowest BCUT2D eigenvalue weighted by Gasteiger charge is -2.22. The highest BCUT2D eigenvalue weighted by Gasteiger charge is 2.27. The largest absolute Gasteiger partial charge is 0.496 e. The van der Waals surface area contributed by atoms with Crippen LogP contribution >= 0.6 is 0 Å². The summed E-state index contributed by atoms with van der Waals surface area (Å²) in [5, 5.41) is 6.81. The minimum atomic E-state index is -3.99. The fourth-order valence-electron chi connectivity index (χ4n) is 4.00. The van der Waals surface area contributed by atoms with Crippen LogP contribution in [-0.2, 0) is 27.8 Å². The van der Waals surface area contributed by atoms with Gasteiger partial charge in [0.1, 0.15) is 5.75 Å². The van der Waals surface area contributed by atoms with Crippen LogP contribution in [0.4, 0.5) is 5.69 Å². The maximum absolute atomic E-state index is 13.6. The highest BCUT2D eigenvalue weighted by atomic mass is 32.2. The smallest absolute Gasteiger partial charge is 0.243 e. The van der Waals surface area contributed by atoms with Crippen molar-refractivity contribution in [3.8, 4) is 5.75 Å². The molecule has 9 nitrogen and oxygen atoms in total. The van der Waals surface area contributed by atoms with E-state index in [4.69, 9.17) is 9.26 Å². The van der Waals surface area contributed by atoms with Crippen molar-refractivity contribution >= 4 is 21.6 Å². The predicted molar refractivity (Wildman–Crippen MR) is 148 cm³/mol. The standard InChI is InChI=1S/C29H32N4O5S/c1-20(2)29-31-27(32-38-29)17-22-10-12-24(13-11-22)30-28(34)19-33(18-23-8-6-5-7-9-23)39(35,36)25-14-15-26(37-4)21(3)16-25/h5-16,20H,17-19H2,1-4H3,(H,30,34). The number of ether oxygens (including phenoxy) is 1. The molecule has 39 heavy (non-hydrogen) atoms. The van der Waals surface area contributed by atoms with E-state index in [0.29, 0.717) is 35.1 Å². The van der Waals surface area contributed by atoms with Gasteiger partial charge in [-0.25, -0.2) is 8.42 Å². The number of nitrogens with one attached hydrogen (secondary N) is 1. The Kier molecular flexibility index (Phi) is 8.78. The van der Waals surface area contributed by atoms with Crippen LogP contribution in [0.15, 0.2) is 82.2 Å². The van der Waals surface area contributed by atoms with Crippen LogP contribution < -0.4 is 10.1 Å². The molecule has 10 heteroatoms. The highest BCUT2D eigenvalue weighted by molar-refractivity contribution is 7.89. The summed E-state index contributed by atoms with van der Waals surface area (Å²) >= 11 is 0. The maximum Gasteiger partial charge on any atom is 0.243 e. The molecular formula is C29H32N4O5S. The van der Waals surface area contributed by atoms with Crippen molar-refractivity contribution in [2.45, 2.75) is 44.6 Å². The van der Waals surface area contributed by atoms with Crippen LogP contribution in [0.3, 0.4) is 0 Å². The molecule has 0 fully saturated rings. The van der Waals surface area contributed by atoms with Crippen LogP contribution in [0, 0.1) is 6.92 Å². The van der Waals surface area contributed by atoms with E-state index in [9.17, 15) is 13.2 Å². The molecule has 0 aliphatic heterocycles. The zero-order valence-electron chi connectivity index (χ0n) is 22.4. The lowest BCUT2D eigenvalue weighted by Crippen LogP contribution is -2.37. The van der Waals surface area contributed by atoms with Gasteiger partial charge in [0.05, 0.1) is 18.6 Å². The van der Waals surface area contributed by atoms with E-state index in [-0.39, 0.29) is 23.9 Å². The summed E-state index contributed by atoms with van der Waals surface area (Å²) in [6.45, 7) is 5.43. The second-order valence-electron chi connectivity index (χ2n) is 9.52. The van der Waals surface area contributed by atoms with Crippen molar-refractivity contribution in [1.82, 2.24) is 14.4 Å². The Morgan fingerprint density at radius 1 is 1.03 bits per heavy atom. The van der Waals surface area contributed by atoms with Gasteiger partial charge in [-0.05, 0) is 53.9 Å². The molecule has 3 aromatic carbocycles. The van der Waals surface area contributed by atoms with Gasteiger partial charge in [-0.15, -0.1) is 0 Å². The predicted octanol–water partition coefficient (Wildman–Crippen LogP) is 4.93. The first-order valence-electron chi connectivity index (χ1n) is 12.6. The van der Waals surface area contributed by atoms with Crippen molar-refractivity contribution in [2.24, 2.45) is 0 Å². The Morgan fingerprint density at radius 2 is 1.74 bits per heavy atom. The normalized spacial score (nSPS) is 11.6. The first-order valence-corrected chi connectivity index (χ1v) is 14.0. The number of carbonyl (C=O) groups is 1. The van der Waals surface area contributed by atoms with E-state index < -0.39 is 15.9 Å². The summed E-state index contributed by atoms with van der Waals surface area (Å²) in [5.74, 6) is 1.47. The van der Waals surface area contributed by atoms with Crippen LogP contribution in [0.1, 0.15) is 48.2 Å². The fourth-order valence-corrected chi connectivity index (χ4v) is 5.47. The lowest BCUT2D eigenvalue weighted by molar-refractivity contribution is -0.116. The number of methoxy groups -OCH3 is 1. The monoisotopic (exact) mass is 548 g/mol. The molecule has 0 unspecified atom stereocenters. The first-order chi connectivity index (χ1) is 18.7. The Hall–Kier alpha value is -4.02. The van der Waals surface area contributed by atoms with Gasteiger partial charge < -0.3 is 14.6 Å². The van der Waals surface area contributed by atoms with Gasteiger partial charge >= 0.3 is 0 Å². The summed E-state index contributed by atoms with van der Waals surface area (Å²) in [4.78, 5) is 17.5. The van der Waals surface area contributed by atoms with Gasteiger partial charge in [0.15, 0.2) is 5.82 Å². The van der Waals surface area contributed by atoms with E-state index in [0.717, 1.165) is 11.1 Å². The van der Waals surface area contributed by atoms with E-state index in [1.54, 1.807) is 31.2 Å². The average molecular weight is 549 g/mol. The Balaban J connectivity index is 1.48. The van der Waals surface area contributed by atoms with Crippen LogP contribution in [-0.4, -0.2) is 42.4 Å². The number of benzene rings is 3. The minimum absolute atomic E-state index is 0.0453. The number of anilines is 1. The molecule has 0 aliphatic rings. The van der Waals surface area contributed by atoms with Gasteiger partial charge in [0, 0.05) is 24.6 Å². The number of amides is 1. The third kappa shape index (κ3) is 7.10. The van der Waals surface area contributed by atoms with Gasteiger partial charge in [-0.2, -0.15) is 9.29 Å². The van der Waals surface area contributed by atoms with Gasteiger partial charge in [-0.1, -0.05) is 61.5 Å². The van der Waals surface area contributed by atoms with E-state index in [1.807, 2.05) is 56.3 Å². The minimum Gasteiger partial charge on any atom is -0.496 e. The molecule has 204 valence electrons. The number of nitrogens with zero attached hydrogens (tertiary/aromatic N) is 3. The van der Waals surface area contributed by atoms with Gasteiger partial charge in [0.2, 0.25) is 21.8 Å². The van der Waals surface area contributed by atoms with Crippen LogP contribution in [0.25, 0.3) is 0 Å². The van der Waals surface area contributed by atoms with Crippen molar-refractivity contribution < 1.29 is 22.5 Å². The molecular weight excluding hydrogens is 516 g/mol. The van der Waals surface area contributed by atoms with Gasteiger partial charge in [0.25, 0.3) is 0 Å². The molecule has 0 spiro atoms. The summed E-state index contributed by atoms with van der Waals surface area (Å²) in [7, 11) is -2.45. The molecule has 0 radical (unpaired) electrons. The van der Waals surface area contributed by atoms with E-state index in [1.165, 1.54) is 17.5 Å². The molecule has 4 rings (SSSR count). The molecule has 1 amide bonds. The molecule has 0 bridgehead atoms. The van der Waals surface area contributed by atoms with Crippen LogP contribution in [0.2, 0.25) is 0 Å². The zero-order chi connectivity index (χ0) is 28.0. The summed E-state index contributed by atoms with van der Waals surface area (Å²) in [6, 6.07) is 21.1. The summed E-state index contributed by atoms with van der Waals surface area (Å²) < 4.78 is 38.9. The summed E-state index contributed by atoms with van der Waals surface area (Å²) in [5.41, 5.74) is 2.96. The van der Waals surface area contributed by atoms with Crippen LogP contribution in [0.5, 0.6) is 5.75 Å². The van der Waals surface area contributed by atoms with E-state index >= 15 is 0 Å². The number of hydrogen-bond acceptors (Lipinski definition) is 7. The number of hydrogen-bond donors (Lipinski definition) is 1. The SMILES string of the molecule is COc1ccc(S(=O)(=O)N(CC(=O)Nc2ccc(Cc3noc(C(C)C)n3)cc2)Cc2ccccc2)cc1C. The second-order valence-corrected chi connectivity index (χ2v) is 11.5. The number of rotatable bonds is 11. The van der Waals surface area contributed by atoms with Crippen molar-refractivity contribution in [3.63, 3.8) is 0 Å². The van der Waals surface area contributed by atoms with Crippen molar-refractivity contribution in [2.75, 3.05) is 19.0 Å². The zero-order valence-corrected chi connectivity index (χ0v) is 23.2. The fraction of sp³-hybridized carbons (Fsp3) is 0.276. The van der Waals surface area contributed by atoms with Crippen molar-refractivity contribution in [1.29, 1.82) is 0 Å². The molecule has 1 N–H and O–H groups in total. The number of sulfonamides is 1. The Labute approximate surface area is 228 Å². The molecule has 0 aliphatic carbocycles. The topological polar surface area (TPSA) is 115 Å². The first kappa shape index (κ1) is 28.0. The average Bonchev–Trinajstić information content (AvgIpc) is 3.39. The summed E-state index contributed by atoms with van der Waals surface area (Å²) in [6.07, 6.45) is 0.495. The third-order valence-corrected chi connectivity index (χ3v) is 7.89. The number of aryl methyl sites for hydroxylation is 1. The molecule has 0 atom stereocenters. The quantitative estimate of drug-likeness (QED) is 0.283. The Bertz CT molecular complexity index is 1520. The third-order valence-electron chi connectivity index (χ3n) is 6.10. The highest BCUT2D eigenvalue weighted by Crippen LogP contribution is 2.25. The molecule has 0 saturated carbocycles. The lowest BCUT2D eigenvalue weighted by atomic mass is 10.1. The number of carbonyl (C=O) groups excluding carboxylic acids is 1. The molecule has 1 aromatic heterocycles. The molecule has 0 saturated heterocycles. The number of aromatic nitrogens is 2. The second kappa shape index (κ2) is 12.2. The molecule has 4 aromatic rings.